The van der Waals surface area contributed by atoms with Crippen molar-refractivity contribution in [3.05, 3.63) is 82.9 Å². The highest BCUT2D eigenvalue weighted by Gasteiger charge is 2.17. The Morgan fingerprint density at radius 3 is 2.39 bits per heavy atom. The molecule has 0 amide bonds. The summed E-state index contributed by atoms with van der Waals surface area (Å²) < 4.78 is 16.5. The lowest BCUT2D eigenvalue weighted by molar-refractivity contribution is 0.0693. The summed E-state index contributed by atoms with van der Waals surface area (Å²) in [7, 11) is 2.97. The molecule has 0 bridgehead atoms. The molecule has 0 unspecified atom stereocenters. The SMILES string of the molecule is COc1cc(/C=C/c2ccc(-c3cc4cc(C)ccc4o3)cc2)c(C(=O)O)c(OC)c1. The topological polar surface area (TPSA) is 68.9 Å². The first-order chi connectivity index (χ1) is 15.0. The highest BCUT2D eigenvalue weighted by atomic mass is 16.5. The molecule has 3 aromatic carbocycles. The highest BCUT2D eigenvalue weighted by molar-refractivity contribution is 5.97. The Hall–Kier alpha value is -3.99. The molecule has 4 aromatic rings. The number of carboxylic acid groups (broad SMARTS) is 1. The van der Waals surface area contributed by atoms with E-state index < -0.39 is 5.97 Å². The fourth-order valence-corrected chi connectivity index (χ4v) is 3.50. The summed E-state index contributed by atoms with van der Waals surface area (Å²) in [5, 5.41) is 10.7. The Morgan fingerprint density at radius 1 is 0.935 bits per heavy atom. The Balaban J connectivity index is 1.64. The lowest BCUT2D eigenvalue weighted by Gasteiger charge is -2.11. The minimum absolute atomic E-state index is 0.0914. The summed E-state index contributed by atoms with van der Waals surface area (Å²) in [6.07, 6.45) is 3.60. The Labute approximate surface area is 180 Å². The number of hydrogen-bond acceptors (Lipinski definition) is 4. The Bertz CT molecular complexity index is 1280. The molecule has 0 aliphatic rings. The van der Waals surface area contributed by atoms with Crippen molar-refractivity contribution in [2.24, 2.45) is 0 Å². The van der Waals surface area contributed by atoms with Gasteiger partial charge >= 0.3 is 5.97 Å². The summed E-state index contributed by atoms with van der Waals surface area (Å²) in [5.74, 6) is 0.524. The zero-order valence-corrected chi connectivity index (χ0v) is 17.5. The number of benzene rings is 3. The van der Waals surface area contributed by atoms with E-state index in [2.05, 4.69) is 13.0 Å². The summed E-state index contributed by atoms with van der Waals surface area (Å²) in [5.41, 5.74) is 4.54. The van der Waals surface area contributed by atoms with E-state index in [0.717, 1.165) is 27.9 Å². The number of methoxy groups -OCH3 is 2. The van der Waals surface area contributed by atoms with E-state index >= 15 is 0 Å². The van der Waals surface area contributed by atoms with Gasteiger partial charge in [0.2, 0.25) is 0 Å². The predicted molar refractivity (Wildman–Crippen MR) is 122 cm³/mol. The summed E-state index contributed by atoms with van der Waals surface area (Å²) in [4.78, 5) is 11.7. The molecule has 156 valence electrons. The van der Waals surface area contributed by atoms with Crippen molar-refractivity contribution >= 4 is 29.1 Å². The number of fused-ring (bicyclic) bond motifs is 1. The standard InChI is InChI=1S/C26H22O5/c1-16-4-11-22-20(12-16)14-23(31-22)18-8-5-17(6-9-18)7-10-19-13-21(29-2)15-24(30-3)25(19)26(27)28/h4-15H,1-3H3,(H,27,28)/b10-7+. The molecular weight excluding hydrogens is 392 g/mol. The number of aryl methyl sites for hydroxylation is 1. The van der Waals surface area contributed by atoms with Crippen LogP contribution in [0.4, 0.5) is 0 Å². The Morgan fingerprint density at radius 2 is 1.71 bits per heavy atom. The van der Waals surface area contributed by atoms with Gasteiger partial charge in [-0.3, -0.25) is 0 Å². The maximum atomic E-state index is 11.7. The van der Waals surface area contributed by atoms with Crippen LogP contribution in [0.25, 0.3) is 34.4 Å². The molecule has 0 fully saturated rings. The maximum absolute atomic E-state index is 11.7. The van der Waals surface area contributed by atoms with Crippen LogP contribution in [0.1, 0.15) is 27.0 Å². The van der Waals surface area contributed by atoms with Gasteiger partial charge in [-0.15, -0.1) is 0 Å². The minimum atomic E-state index is -1.06. The largest absolute Gasteiger partial charge is 0.497 e. The van der Waals surface area contributed by atoms with Crippen LogP contribution in [0, 0.1) is 6.92 Å². The number of carbonyl (C=O) groups is 1. The van der Waals surface area contributed by atoms with E-state index in [1.165, 1.54) is 19.8 Å². The van der Waals surface area contributed by atoms with Gasteiger partial charge in [-0.05, 0) is 42.3 Å². The quantitative estimate of drug-likeness (QED) is 0.375. The number of ether oxygens (including phenoxy) is 2. The third-order valence-corrected chi connectivity index (χ3v) is 5.10. The van der Waals surface area contributed by atoms with E-state index in [0.29, 0.717) is 11.3 Å². The molecule has 5 heteroatoms. The number of hydrogen-bond donors (Lipinski definition) is 1. The van der Waals surface area contributed by atoms with E-state index in [1.54, 1.807) is 18.2 Å². The smallest absolute Gasteiger partial charge is 0.340 e. The first-order valence-electron chi connectivity index (χ1n) is 9.76. The average molecular weight is 414 g/mol. The third kappa shape index (κ3) is 4.16. The molecule has 0 saturated heterocycles. The lowest BCUT2D eigenvalue weighted by atomic mass is 10.0. The molecule has 1 N–H and O–H groups in total. The van der Waals surface area contributed by atoms with Gasteiger partial charge in [0.15, 0.2) is 0 Å². The second-order valence-corrected chi connectivity index (χ2v) is 7.21. The van der Waals surface area contributed by atoms with Crippen LogP contribution in [0.2, 0.25) is 0 Å². The van der Waals surface area contributed by atoms with Crippen molar-refractivity contribution in [1.82, 2.24) is 0 Å². The molecule has 0 radical (unpaired) electrons. The van der Waals surface area contributed by atoms with Gasteiger partial charge in [-0.1, -0.05) is 48.0 Å². The van der Waals surface area contributed by atoms with Gasteiger partial charge in [0, 0.05) is 17.0 Å². The van der Waals surface area contributed by atoms with Crippen molar-refractivity contribution in [2.45, 2.75) is 6.92 Å². The molecule has 0 aliphatic heterocycles. The monoisotopic (exact) mass is 414 g/mol. The average Bonchev–Trinajstić information content (AvgIpc) is 3.20. The summed E-state index contributed by atoms with van der Waals surface area (Å²) >= 11 is 0. The van der Waals surface area contributed by atoms with Crippen LogP contribution in [0.15, 0.2) is 65.1 Å². The third-order valence-electron chi connectivity index (χ3n) is 5.10. The molecule has 4 rings (SSSR count). The second-order valence-electron chi connectivity index (χ2n) is 7.21. The summed E-state index contributed by atoms with van der Waals surface area (Å²) in [6, 6.07) is 19.3. The number of aromatic carboxylic acids is 1. The Kier molecular flexibility index (Phi) is 5.50. The van der Waals surface area contributed by atoms with Crippen LogP contribution in [-0.2, 0) is 0 Å². The fourth-order valence-electron chi connectivity index (χ4n) is 3.50. The highest BCUT2D eigenvalue weighted by Crippen LogP contribution is 2.31. The zero-order valence-electron chi connectivity index (χ0n) is 17.5. The molecule has 0 atom stereocenters. The van der Waals surface area contributed by atoms with Crippen LogP contribution in [0.5, 0.6) is 11.5 Å². The number of furan rings is 1. The molecule has 0 spiro atoms. The molecule has 0 saturated carbocycles. The predicted octanol–water partition coefficient (Wildman–Crippen LogP) is 6.29. The lowest BCUT2D eigenvalue weighted by Crippen LogP contribution is -2.04. The van der Waals surface area contributed by atoms with Crippen molar-refractivity contribution < 1.29 is 23.8 Å². The first kappa shape index (κ1) is 20.3. The van der Waals surface area contributed by atoms with Gasteiger partial charge in [-0.2, -0.15) is 0 Å². The van der Waals surface area contributed by atoms with Crippen LogP contribution >= 0.6 is 0 Å². The molecule has 1 aromatic heterocycles. The summed E-state index contributed by atoms with van der Waals surface area (Å²) in [6.45, 7) is 2.06. The van der Waals surface area contributed by atoms with E-state index in [9.17, 15) is 9.90 Å². The zero-order chi connectivity index (χ0) is 22.0. The molecule has 0 aliphatic carbocycles. The van der Waals surface area contributed by atoms with Crippen LogP contribution in [-0.4, -0.2) is 25.3 Å². The van der Waals surface area contributed by atoms with E-state index in [1.807, 2.05) is 48.5 Å². The second kappa shape index (κ2) is 8.40. The van der Waals surface area contributed by atoms with E-state index in [-0.39, 0.29) is 11.3 Å². The molecule has 1 heterocycles. The van der Waals surface area contributed by atoms with Crippen molar-refractivity contribution in [3.8, 4) is 22.8 Å². The molecule has 31 heavy (non-hydrogen) atoms. The van der Waals surface area contributed by atoms with Gasteiger partial charge in [0.1, 0.15) is 28.4 Å². The fraction of sp³-hybridized carbons (Fsp3) is 0.115. The molecule has 5 nitrogen and oxygen atoms in total. The van der Waals surface area contributed by atoms with E-state index in [4.69, 9.17) is 13.9 Å². The number of carboxylic acids is 1. The van der Waals surface area contributed by atoms with Gasteiger partial charge in [0.25, 0.3) is 0 Å². The molecular formula is C26H22O5. The van der Waals surface area contributed by atoms with Gasteiger partial charge in [0.05, 0.1) is 14.2 Å². The van der Waals surface area contributed by atoms with Crippen LogP contribution < -0.4 is 9.47 Å². The van der Waals surface area contributed by atoms with Gasteiger partial charge < -0.3 is 19.0 Å². The normalized spacial score (nSPS) is 11.2. The van der Waals surface area contributed by atoms with Crippen molar-refractivity contribution in [2.75, 3.05) is 14.2 Å². The maximum Gasteiger partial charge on any atom is 0.340 e. The van der Waals surface area contributed by atoms with Gasteiger partial charge in [-0.25, -0.2) is 4.79 Å². The minimum Gasteiger partial charge on any atom is -0.497 e. The first-order valence-corrected chi connectivity index (χ1v) is 9.76. The van der Waals surface area contributed by atoms with Crippen molar-refractivity contribution in [1.29, 1.82) is 0 Å². The van der Waals surface area contributed by atoms with Crippen molar-refractivity contribution in [3.63, 3.8) is 0 Å². The van der Waals surface area contributed by atoms with Crippen LogP contribution in [0.3, 0.4) is 0 Å². The number of rotatable bonds is 6.